The van der Waals surface area contributed by atoms with E-state index in [-0.39, 0.29) is 22.8 Å². The number of hydrogen-bond donors (Lipinski definition) is 0. The van der Waals surface area contributed by atoms with Gasteiger partial charge in [-0.3, -0.25) is 0 Å². The molecule has 0 amide bonds. The monoisotopic (exact) mass is 270 g/mol. The van der Waals surface area contributed by atoms with Gasteiger partial charge in [-0.1, -0.05) is 0 Å². The minimum atomic E-state index is -0.155. The number of rotatable bonds is 0. The van der Waals surface area contributed by atoms with Crippen LogP contribution in [0, 0.1) is 5.82 Å². The van der Waals surface area contributed by atoms with Crippen LogP contribution < -0.4 is 20.7 Å². The Morgan fingerprint density at radius 3 is 2.14 bits per heavy atom. The van der Waals surface area contributed by atoms with Gasteiger partial charge in [-0.2, -0.15) is 0 Å². The second-order valence-electron chi connectivity index (χ2n) is 2.95. The second kappa shape index (κ2) is 8.65. The Bertz CT molecular complexity index is 229. The molecule has 1 nitrogen and oxygen atoms in total. The summed E-state index contributed by atoms with van der Waals surface area (Å²) in [4.78, 5) is 0. The molecule has 2 rings (SSSR count). The molecule has 1 aromatic carbocycles. The zero-order chi connectivity index (χ0) is 9.52. The molecule has 0 saturated carbocycles. The molecule has 1 heterocycles. The van der Waals surface area contributed by atoms with E-state index in [2.05, 4.69) is 0 Å². The van der Waals surface area contributed by atoms with Crippen molar-refractivity contribution in [2.75, 3.05) is 13.2 Å². The Labute approximate surface area is 107 Å². The van der Waals surface area contributed by atoms with E-state index in [9.17, 15) is 4.39 Å². The van der Waals surface area contributed by atoms with Crippen molar-refractivity contribution in [3.8, 4) is 0 Å². The standard InChI is InChI=1S/C6H4F.C4H8O.BrH.Mg/c7-6-4-2-1-3-5-6;1-2-4-5-3-1;;/h1-2,4-5H;1-4H2;1H;/q;;;+1/p-1. The van der Waals surface area contributed by atoms with Crippen LogP contribution in [0.3, 0.4) is 0 Å². The van der Waals surface area contributed by atoms with E-state index < -0.39 is 0 Å². The van der Waals surface area contributed by atoms with Crippen molar-refractivity contribution in [1.82, 2.24) is 0 Å². The summed E-state index contributed by atoms with van der Waals surface area (Å²) in [6.45, 7) is 2.00. The molecule has 14 heavy (non-hydrogen) atoms. The fourth-order valence-corrected chi connectivity index (χ4v) is 1.38. The summed E-state index contributed by atoms with van der Waals surface area (Å²) in [5, 5.41) is 0. The van der Waals surface area contributed by atoms with Gasteiger partial charge in [-0.05, 0) is 12.8 Å². The maximum Gasteiger partial charge on any atom is -1.00 e. The van der Waals surface area contributed by atoms with Crippen molar-refractivity contribution in [3.63, 3.8) is 0 Å². The second-order valence-corrected chi connectivity index (χ2v) is 3.77. The average Bonchev–Trinajstić information content (AvgIpc) is 2.59. The van der Waals surface area contributed by atoms with Gasteiger partial charge in [0, 0.05) is 13.2 Å². The summed E-state index contributed by atoms with van der Waals surface area (Å²) in [6, 6.07) is 6.54. The first kappa shape index (κ1) is 14.4. The van der Waals surface area contributed by atoms with Crippen molar-refractivity contribution in [1.29, 1.82) is 0 Å². The van der Waals surface area contributed by atoms with Gasteiger partial charge in [0.15, 0.2) is 0 Å². The third-order valence-electron chi connectivity index (χ3n) is 1.72. The van der Waals surface area contributed by atoms with E-state index in [1.807, 2.05) is 6.07 Å². The van der Waals surface area contributed by atoms with Crippen LogP contribution in [0.1, 0.15) is 12.8 Å². The third-order valence-corrected chi connectivity index (χ3v) is 2.16. The molecule has 1 aromatic rings. The molecule has 1 aliphatic heterocycles. The predicted octanol–water partition coefficient (Wildman–Crippen LogP) is -1.58. The van der Waals surface area contributed by atoms with E-state index in [1.165, 1.54) is 25.0 Å². The molecule has 74 valence electrons. The van der Waals surface area contributed by atoms with Crippen molar-refractivity contribution >= 4 is 25.4 Å². The van der Waals surface area contributed by atoms with Gasteiger partial charge in [0.25, 0.3) is 0 Å². The van der Waals surface area contributed by atoms with Crippen molar-refractivity contribution in [2.24, 2.45) is 0 Å². The molecule has 0 aromatic heterocycles. The molecule has 1 saturated heterocycles. The van der Waals surface area contributed by atoms with E-state index in [0.29, 0.717) is 0 Å². The minimum Gasteiger partial charge on any atom is -1.00 e. The van der Waals surface area contributed by atoms with Crippen LogP contribution in [-0.4, -0.2) is 34.9 Å². The minimum absolute atomic E-state index is 0. The van der Waals surface area contributed by atoms with Crippen LogP contribution in [0.15, 0.2) is 24.3 Å². The molecule has 0 atom stereocenters. The summed E-state index contributed by atoms with van der Waals surface area (Å²) in [5.74, 6) is -0.155. The largest absolute Gasteiger partial charge is 1.00 e. The fourth-order valence-electron chi connectivity index (χ4n) is 1.05. The first-order chi connectivity index (χ1) is 6.29. The summed E-state index contributed by atoms with van der Waals surface area (Å²) in [7, 11) is 0. The Morgan fingerprint density at radius 2 is 1.86 bits per heavy atom. The van der Waals surface area contributed by atoms with Gasteiger partial charge in [-0.15, -0.1) is 0 Å². The van der Waals surface area contributed by atoms with Crippen LogP contribution in [-0.2, 0) is 4.74 Å². The van der Waals surface area contributed by atoms with Crippen LogP contribution in [0.5, 0.6) is 0 Å². The molecule has 4 heteroatoms. The van der Waals surface area contributed by atoms with Crippen molar-refractivity contribution < 1.29 is 26.1 Å². The topological polar surface area (TPSA) is 9.23 Å². The fraction of sp³-hybridized carbons (Fsp3) is 0.400. The molecule has 0 radical (unpaired) electrons. The maximum atomic E-state index is 12.2. The van der Waals surface area contributed by atoms with Gasteiger partial charge < -0.3 is 21.7 Å². The number of hydrogen-bond acceptors (Lipinski definition) is 1. The molecular weight excluding hydrogens is 259 g/mol. The first-order valence-corrected chi connectivity index (χ1v) is 5.15. The van der Waals surface area contributed by atoms with E-state index in [0.717, 1.165) is 16.9 Å². The maximum absolute atomic E-state index is 12.2. The molecule has 0 unspecified atom stereocenters. The van der Waals surface area contributed by atoms with Crippen LogP contribution in [0.25, 0.3) is 0 Å². The Hall–Kier alpha value is 0.356. The van der Waals surface area contributed by atoms with Crippen LogP contribution in [0.2, 0.25) is 0 Å². The first-order valence-electron chi connectivity index (χ1n) is 4.44. The number of ether oxygens (including phenoxy) is 1. The number of halogens is 2. The van der Waals surface area contributed by atoms with Gasteiger partial charge in [-0.25, -0.2) is 0 Å². The molecular formula is C10H12BrFMgO. The Morgan fingerprint density at radius 1 is 1.21 bits per heavy atom. The summed E-state index contributed by atoms with van der Waals surface area (Å²) in [5.41, 5.74) is 0. The van der Waals surface area contributed by atoms with E-state index >= 15 is 0 Å². The molecule has 0 spiro atoms. The Kier molecular flexibility index (Phi) is 8.87. The van der Waals surface area contributed by atoms with Gasteiger partial charge in [0.1, 0.15) is 0 Å². The van der Waals surface area contributed by atoms with Crippen LogP contribution in [0.4, 0.5) is 4.39 Å². The molecule has 1 fully saturated rings. The predicted molar refractivity (Wildman–Crippen MR) is 51.8 cm³/mol. The molecule has 0 aliphatic carbocycles. The van der Waals surface area contributed by atoms with Crippen molar-refractivity contribution in [2.45, 2.75) is 12.8 Å². The number of benzene rings is 1. The summed E-state index contributed by atoms with van der Waals surface area (Å²) >= 11 is 1.68. The quantitative estimate of drug-likeness (QED) is 0.518. The SMILES string of the molecule is C1CCOC1.Fc1ccc[c]([Mg+])c1.[Br-]. The van der Waals surface area contributed by atoms with Crippen LogP contribution >= 0.6 is 0 Å². The van der Waals surface area contributed by atoms with Crippen molar-refractivity contribution in [3.05, 3.63) is 30.1 Å². The average molecular weight is 271 g/mol. The Balaban J connectivity index is 0.000000246. The molecule has 0 bridgehead atoms. The molecule has 0 N–H and O–H groups in total. The normalized spacial score (nSPS) is 13.9. The van der Waals surface area contributed by atoms with Gasteiger partial charge >= 0.3 is 59.9 Å². The van der Waals surface area contributed by atoms with E-state index in [4.69, 9.17) is 4.74 Å². The summed E-state index contributed by atoms with van der Waals surface area (Å²) in [6.07, 6.45) is 2.56. The van der Waals surface area contributed by atoms with Gasteiger partial charge in [0.2, 0.25) is 0 Å². The smallest absolute Gasteiger partial charge is 1.00 e. The zero-order valence-electron chi connectivity index (χ0n) is 8.01. The van der Waals surface area contributed by atoms with Gasteiger partial charge in [0.05, 0.1) is 0 Å². The molecule has 1 aliphatic rings. The van der Waals surface area contributed by atoms with E-state index in [1.54, 1.807) is 27.8 Å². The zero-order valence-corrected chi connectivity index (χ0v) is 11.0. The summed E-state index contributed by atoms with van der Waals surface area (Å²) < 4.78 is 18.1. The third kappa shape index (κ3) is 6.76.